The molecule has 0 radical (unpaired) electrons. The Balaban J connectivity index is 0.00000144. The first-order chi connectivity index (χ1) is 10.6. The van der Waals surface area contributed by atoms with Crippen molar-refractivity contribution in [3.8, 4) is 0 Å². The number of benzene rings is 1. The van der Waals surface area contributed by atoms with Gasteiger partial charge in [0, 0.05) is 42.5 Å². The summed E-state index contributed by atoms with van der Waals surface area (Å²) in [7, 11) is 0. The first kappa shape index (κ1) is 21.5. The average Bonchev–Trinajstić information content (AvgIpc) is 2.97. The highest BCUT2D eigenvalue weighted by molar-refractivity contribution is 9.10. The molecule has 1 amide bonds. The van der Waals surface area contributed by atoms with Crippen molar-refractivity contribution in [2.75, 3.05) is 31.2 Å². The molecule has 0 aromatic heterocycles. The van der Waals surface area contributed by atoms with E-state index in [-0.39, 0.29) is 36.8 Å². The zero-order chi connectivity index (χ0) is 15.6. The van der Waals surface area contributed by atoms with Crippen LogP contribution < -0.4 is 16.0 Å². The SMILES string of the molecule is Cl.Cl.NC1(C(=O)NC2CCN(c3ccc(Br)cc3)C2)CCOCC1. The number of ether oxygens (including phenoxy) is 1. The normalized spacial score (nSPS) is 22.2. The van der Waals surface area contributed by atoms with Gasteiger partial charge < -0.3 is 20.7 Å². The predicted molar refractivity (Wildman–Crippen MR) is 104 cm³/mol. The van der Waals surface area contributed by atoms with E-state index in [0.29, 0.717) is 26.1 Å². The molecule has 5 nitrogen and oxygen atoms in total. The van der Waals surface area contributed by atoms with E-state index in [1.807, 2.05) is 12.1 Å². The maximum absolute atomic E-state index is 12.4. The van der Waals surface area contributed by atoms with Crippen molar-refractivity contribution in [2.45, 2.75) is 30.8 Å². The highest BCUT2D eigenvalue weighted by Gasteiger charge is 2.37. The van der Waals surface area contributed by atoms with Gasteiger partial charge in [0.05, 0.1) is 5.54 Å². The lowest BCUT2D eigenvalue weighted by atomic mass is 9.90. The van der Waals surface area contributed by atoms with E-state index in [2.05, 4.69) is 38.3 Å². The number of hydrogen-bond donors (Lipinski definition) is 2. The third-order valence-electron chi connectivity index (χ3n) is 4.55. The van der Waals surface area contributed by atoms with E-state index in [1.54, 1.807) is 0 Å². The Kier molecular flexibility index (Phi) is 8.29. The van der Waals surface area contributed by atoms with Gasteiger partial charge in [-0.3, -0.25) is 4.79 Å². The smallest absolute Gasteiger partial charge is 0.240 e. The lowest BCUT2D eigenvalue weighted by molar-refractivity contribution is -0.130. The minimum atomic E-state index is -0.761. The third kappa shape index (κ3) is 4.99. The Bertz CT molecular complexity index is 539. The second kappa shape index (κ2) is 9.25. The minimum absolute atomic E-state index is 0. The molecule has 24 heavy (non-hydrogen) atoms. The molecule has 136 valence electrons. The van der Waals surface area contributed by atoms with Crippen LogP contribution in [0.4, 0.5) is 5.69 Å². The first-order valence-electron chi connectivity index (χ1n) is 7.75. The lowest BCUT2D eigenvalue weighted by Crippen LogP contribution is -2.59. The summed E-state index contributed by atoms with van der Waals surface area (Å²) >= 11 is 3.45. The molecular weight excluding hydrogens is 417 g/mol. The average molecular weight is 441 g/mol. The van der Waals surface area contributed by atoms with Crippen LogP contribution >= 0.6 is 40.7 Å². The molecule has 2 aliphatic rings. The molecule has 1 atom stereocenters. The van der Waals surface area contributed by atoms with Gasteiger partial charge >= 0.3 is 0 Å². The summed E-state index contributed by atoms with van der Waals surface area (Å²) in [6, 6.07) is 8.43. The van der Waals surface area contributed by atoms with E-state index in [1.165, 1.54) is 5.69 Å². The van der Waals surface area contributed by atoms with E-state index >= 15 is 0 Å². The summed E-state index contributed by atoms with van der Waals surface area (Å²) in [5.74, 6) is -0.0292. The highest BCUT2D eigenvalue weighted by atomic mass is 79.9. The second-order valence-corrected chi connectivity index (χ2v) is 7.07. The lowest BCUT2D eigenvalue weighted by Gasteiger charge is -2.33. The van der Waals surface area contributed by atoms with Crippen molar-refractivity contribution in [1.29, 1.82) is 0 Å². The molecule has 2 saturated heterocycles. The summed E-state index contributed by atoms with van der Waals surface area (Å²) in [6.45, 7) is 2.92. The monoisotopic (exact) mass is 439 g/mol. The van der Waals surface area contributed by atoms with Gasteiger partial charge in [-0.1, -0.05) is 15.9 Å². The van der Waals surface area contributed by atoms with Gasteiger partial charge in [0.2, 0.25) is 5.91 Å². The molecule has 2 heterocycles. The predicted octanol–water partition coefficient (Wildman–Crippen LogP) is 2.50. The van der Waals surface area contributed by atoms with Crippen LogP contribution in [0.1, 0.15) is 19.3 Å². The molecular formula is C16H24BrCl2N3O2. The molecule has 2 aliphatic heterocycles. The largest absolute Gasteiger partial charge is 0.381 e. The van der Waals surface area contributed by atoms with Gasteiger partial charge in [0.1, 0.15) is 0 Å². The van der Waals surface area contributed by atoms with Gasteiger partial charge in [0.25, 0.3) is 0 Å². The van der Waals surface area contributed by atoms with Gasteiger partial charge in [0.15, 0.2) is 0 Å². The fourth-order valence-corrected chi connectivity index (χ4v) is 3.32. The van der Waals surface area contributed by atoms with E-state index in [0.717, 1.165) is 24.0 Å². The van der Waals surface area contributed by atoms with Gasteiger partial charge in [-0.25, -0.2) is 0 Å². The topological polar surface area (TPSA) is 67.6 Å². The Morgan fingerprint density at radius 2 is 1.88 bits per heavy atom. The maximum atomic E-state index is 12.4. The van der Waals surface area contributed by atoms with Crippen LogP contribution in [0.2, 0.25) is 0 Å². The van der Waals surface area contributed by atoms with Crippen molar-refractivity contribution < 1.29 is 9.53 Å². The zero-order valence-corrected chi connectivity index (χ0v) is 16.6. The standard InChI is InChI=1S/C16H22BrN3O2.2ClH/c17-12-1-3-14(4-2-12)20-8-5-13(11-20)19-15(21)16(18)6-9-22-10-7-16;;/h1-4,13H,5-11,18H2,(H,19,21);2*1H. The highest BCUT2D eigenvalue weighted by Crippen LogP contribution is 2.23. The number of hydrogen-bond acceptors (Lipinski definition) is 4. The number of carbonyl (C=O) groups excluding carboxylic acids is 1. The second-order valence-electron chi connectivity index (χ2n) is 6.15. The van der Waals surface area contributed by atoms with Crippen molar-refractivity contribution in [1.82, 2.24) is 5.32 Å². The molecule has 3 rings (SSSR count). The molecule has 1 unspecified atom stereocenters. The summed E-state index contributed by atoms with van der Waals surface area (Å²) in [4.78, 5) is 14.7. The van der Waals surface area contributed by atoms with Crippen molar-refractivity contribution >= 4 is 52.3 Å². The molecule has 0 spiro atoms. The fraction of sp³-hybridized carbons (Fsp3) is 0.562. The van der Waals surface area contributed by atoms with Crippen LogP contribution in [0.5, 0.6) is 0 Å². The number of nitrogens with two attached hydrogens (primary N) is 1. The van der Waals surface area contributed by atoms with Crippen molar-refractivity contribution in [3.63, 3.8) is 0 Å². The number of halogens is 3. The molecule has 1 aromatic rings. The van der Waals surface area contributed by atoms with Gasteiger partial charge in [-0.05, 0) is 43.5 Å². The first-order valence-corrected chi connectivity index (χ1v) is 8.54. The summed E-state index contributed by atoms with van der Waals surface area (Å²) in [6.07, 6.45) is 2.15. The van der Waals surface area contributed by atoms with Crippen LogP contribution in [0.25, 0.3) is 0 Å². The van der Waals surface area contributed by atoms with E-state index in [4.69, 9.17) is 10.5 Å². The minimum Gasteiger partial charge on any atom is -0.381 e. The van der Waals surface area contributed by atoms with E-state index < -0.39 is 5.54 Å². The number of carbonyl (C=O) groups is 1. The van der Waals surface area contributed by atoms with E-state index in [9.17, 15) is 4.79 Å². The molecule has 8 heteroatoms. The van der Waals surface area contributed by atoms with Crippen LogP contribution in [-0.2, 0) is 9.53 Å². The quantitative estimate of drug-likeness (QED) is 0.757. The molecule has 0 aliphatic carbocycles. The Morgan fingerprint density at radius 3 is 2.50 bits per heavy atom. The Morgan fingerprint density at radius 1 is 1.25 bits per heavy atom. The molecule has 0 bridgehead atoms. The molecule has 1 aromatic carbocycles. The van der Waals surface area contributed by atoms with Crippen LogP contribution in [-0.4, -0.2) is 43.8 Å². The Labute approximate surface area is 163 Å². The summed E-state index contributed by atoms with van der Waals surface area (Å²) in [5, 5.41) is 3.13. The number of amides is 1. The summed E-state index contributed by atoms with van der Waals surface area (Å²) in [5.41, 5.74) is 6.66. The fourth-order valence-electron chi connectivity index (χ4n) is 3.06. The Hall–Kier alpha value is -0.530. The van der Waals surface area contributed by atoms with Crippen LogP contribution in [0, 0.1) is 0 Å². The third-order valence-corrected chi connectivity index (χ3v) is 5.08. The number of nitrogens with one attached hydrogen (secondary N) is 1. The van der Waals surface area contributed by atoms with Gasteiger partial charge in [-0.15, -0.1) is 24.8 Å². The van der Waals surface area contributed by atoms with Crippen molar-refractivity contribution in [3.05, 3.63) is 28.7 Å². The number of rotatable bonds is 3. The van der Waals surface area contributed by atoms with Crippen LogP contribution in [0.15, 0.2) is 28.7 Å². The maximum Gasteiger partial charge on any atom is 0.240 e. The molecule has 3 N–H and O–H groups in total. The molecule has 0 saturated carbocycles. The van der Waals surface area contributed by atoms with Crippen LogP contribution in [0.3, 0.4) is 0 Å². The number of nitrogens with zero attached hydrogens (tertiary/aromatic N) is 1. The zero-order valence-electron chi connectivity index (χ0n) is 13.4. The number of anilines is 1. The summed E-state index contributed by atoms with van der Waals surface area (Å²) < 4.78 is 6.37. The van der Waals surface area contributed by atoms with Crippen molar-refractivity contribution in [2.24, 2.45) is 5.73 Å². The van der Waals surface area contributed by atoms with Gasteiger partial charge in [-0.2, -0.15) is 0 Å². The molecule has 2 fully saturated rings.